The number of fused-ring (bicyclic) bond motifs is 1. The Labute approximate surface area is 120 Å². The van der Waals surface area contributed by atoms with E-state index in [0.717, 1.165) is 43.6 Å². The van der Waals surface area contributed by atoms with E-state index < -0.39 is 0 Å². The van der Waals surface area contributed by atoms with E-state index in [1.54, 1.807) is 13.3 Å². The fourth-order valence-electron chi connectivity index (χ4n) is 3.52. The maximum atomic E-state index is 12.2. The number of hydrogen-bond acceptors (Lipinski definition) is 4. The number of hydrogen-bond donors (Lipinski definition) is 0. The van der Waals surface area contributed by atoms with Crippen molar-refractivity contribution in [2.75, 3.05) is 7.11 Å². The highest BCUT2D eigenvalue weighted by molar-refractivity contribution is 5.98. The summed E-state index contributed by atoms with van der Waals surface area (Å²) >= 11 is 0. The summed E-state index contributed by atoms with van der Waals surface area (Å²) in [6.07, 6.45) is 7.38. The predicted octanol–water partition coefficient (Wildman–Crippen LogP) is 3.05. The number of ketones is 1. The van der Waals surface area contributed by atoms with Gasteiger partial charge in [-0.15, -0.1) is 0 Å². The Kier molecular flexibility index (Phi) is 3.16. The highest BCUT2D eigenvalue weighted by Crippen LogP contribution is 2.41. The third kappa shape index (κ3) is 2.16. The predicted molar refractivity (Wildman–Crippen MR) is 75.6 cm³/mol. The van der Waals surface area contributed by atoms with E-state index in [-0.39, 0.29) is 16.8 Å². The molecule has 1 fully saturated rings. The number of carbonyl (C=O) groups excluding carboxylic acids is 1. The molecule has 0 bridgehead atoms. The number of ether oxygens (including phenoxy) is 1. The molecule has 0 amide bonds. The molecule has 1 aromatic rings. The lowest BCUT2D eigenvalue weighted by Gasteiger charge is -2.31. The van der Waals surface area contributed by atoms with Gasteiger partial charge in [0.15, 0.2) is 11.6 Å². The minimum absolute atomic E-state index is 0.00832. The van der Waals surface area contributed by atoms with Gasteiger partial charge in [0.05, 0.1) is 11.3 Å². The molecule has 1 aromatic heterocycles. The molecule has 0 aromatic carbocycles. The number of aromatic nitrogens is 2. The molecule has 0 atom stereocenters. The molecule has 0 radical (unpaired) electrons. The van der Waals surface area contributed by atoms with Gasteiger partial charge in [-0.1, -0.05) is 13.8 Å². The van der Waals surface area contributed by atoms with E-state index in [2.05, 4.69) is 18.8 Å². The summed E-state index contributed by atoms with van der Waals surface area (Å²) in [5.74, 6) is 0.933. The topological polar surface area (TPSA) is 52.1 Å². The molecule has 2 aliphatic carbocycles. The third-order valence-corrected chi connectivity index (χ3v) is 4.66. The quantitative estimate of drug-likeness (QED) is 0.831. The Hall–Kier alpha value is -1.29. The van der Waals surface area contributed by atoms with Crippen LogP contribution in [0.3, 0.4) is 0 Å². The molecule has 0 aliphatic heterocycles. The Morgan fingerprint density at radius 1 is 1.20 bits per heavy atom. The summed E-state index contributed by atoms with van der Waals surface area (Å²) in [6.45, 7) is 4.24. The van der Waals surface area contributed by atoms with Gasteiger partial charge in [0.25, 0.3) is 0 Å². The molecule has 3 rings (SSSR count). The smallest absolute Gasteiger partial charge is 0.166 e. The number of Topliss-reactive ketones (excluding diaryl/α,β-unsaturated/α-hetero) is 1. The van der Waals surface area contributed by atoms with Gasteiger partial charge in [-0.25, -0.2) is 9.97 Å². The molecular formula is C16H22N2O2. The first-order chi connectivity index (χ1) is 9.46. The van der Waals surface area contributed by atoms with Crippen LogP contribution in [-0.2, 0) is 16.8 Å². The van der Waals surface area contributed by atoms with E-state index in [0.29, 0.717) is 12.0 Å². The molecule has 0 saturated heterocycles. The molecule has 0 unspecified atom stereocenters. The van der Waals surface area contributed by atoms with Crippen LogP contribution in [-0.4, -0.2) is 22.9 Å². The first-order valence-electron chi connectivity index (χ1n) is 7.41. The van der Waals surface area contributed by atoms with Crippen LogP contribution in [0.1, 0.15) is 67.8 Å². The summed E-state index contributed by atoms with van der Waals surface area (Å²) in [4.78, 5) is 21.4. The molecule has 0 spiro atoms. The van der Waals surface area contributed by atoms with Crippen molar-refractivity contribution in [3.05, 3.63) is 23.3 Å². The lowest BCUT2D eigenvalue weighted by atomic mass is 9.76. The highest BCUT2D eigenvalue weighted by atomic mass is 16.5. The average molecular weight is 274 g/mol. The van der Waals surface area contributed by atoms with Crippen LogP contribution in [0.2, 0.25) is 0 Å². The van der Waals surface area contributed by atoms with Crippen LogP contribution in [0, 0.1) is 5.41 Å². The van der Waals surface area contributed by atoms with Crippen molar-refractivity contribution >= 4 is 5.78 Å². The second-order valence-electron chi connectivity index (χ2n) is 6.90. The maximum absolute atomic E-state index is 12.2. The zero-order valence-corrected chi connectivity index (χ0v) is 12.5. The summed E-state index contributed by atoms with van der Waals surface area (Å²) in [5.41, 5.74) is 1.27. The van der Waals surface area contributed by atoms with Crippen LogP contribution in [0.4, 0.5) is 0 Å². The van der Waals surface area contributed by atoms with Crippen molar-refractivity contribution in [3.63, 3.8) is 0 Å². The lowest BCUT2D eigenvalue weighted by Crippen LogP contribution is -2.32. The molecular weight excluding hydrogens is 252 g/mol. The number of nitrogens with zero attached hydrogens (tertiary/aromatic N) is 2. The minimum Gasteiger partial charge on any atom is -0.370 e. The largest absolute Gasteiger partial charge is 0.370 e. The second kappa shape index (κ2) is 4.62. The van der Waals surface area contributed by atoms with Crippen LogP contribution in [0.25, 0.3) is 0 Å². The first kappa shape index (κ1) is 13.7. The fourth-order valence-corrected chi connectivity index (χ4v) is 3.52. The van der Waals surface area contributed by atoms with Gasteiger partial charge in [0.2, 0.25) is 0 Å². The van der Waals surface area contributed by atoms with E-state index >= 15 is 0 Å². The zero-order chi connectivity index (χ0) is 14.4. The van der Waals surface area contributed by atoms with Gasteiger partial charge in [-0.3, -0.25) is 4.79 Å². The summed E-state index contributed by atoms with van der Waals surface area (Å²) in [7, 11) is 1.74. The number of carbonyl (C=O) groups is 1. The van der Waals surface area contributed by atoms with Crippen LogP contribution in [0.5, 0.6) is 0 Å². The van der Waals surface area contributed by atoms with E-state index in [1.165, 1.54) is 0 Å². The summed E-state index contributed by atoms with van der Waals surface area (Å²) in [6, 6.07) is 0. The Bertz CT molecular complexity index is 545. The van der Waals surface area contributed by atoms with Crippen LogP contribution < -0.4 is 0 Å². The van der Waals surface area contributed by atoms with Crippen LogP contribution >= 0.6 is 0 Å². The molecule has 4 heteroatoms. The van der Waals surface area contributed by atoms with Crippen molar-refractivity contribution < 1.29 is 9.53 Å². The maximum Gasteiger partial charge on any atom is 0.166 e. The van der Waals surface area contributed by atoms with Gasteiger partial charge >= 0.3 is 0 Å². The fraction of sp³-hybridized carbons (Fsp3) is 0.688. The highest BCUT2D eigenvalue weighted by Gasteiger charge is 2.40. The van der Waals surface area contributed by atoms with Crippen molar-refractivity contribution in [3.8, 4) is 0 Å². The van der Waals surface area contributed by atoms with Gasteiger partial charge < -0.3 is 4.74 Å². The first-order valence-corrected chi connectivity index (χ1v) is 7.41. The van der Waals surface area contributed by atoms with Crippen molar-refractivity contribution in [2.24, 2.45) is 5.41 Å². The molecule has 4 nitrogen and oxygen atoms in total. The Morgan fingerprint density at radius 3 is 2.55 bits per heavy atom. The lowest BCUT2D eigenvalue weighted by molar-refractivity contribution is -0.0166. The van der Waals surface area contributed by atoms with Crippen molar-refractivity contribution in [1.82, 2.24) is 9.97 Å². The molecule has 1 heterocycles. The van der Waals surface area contributed by atoms with Crippen molar-refractivity contribution in [2.45, 2.75) is 58.0 Å². The zero-order valence-electron chi connectivity index (χ0n) is 12.5. The average Bonchev–Trinajstić information content (AvgIpc) is 2.86. The van der Waals surface area contributed by atoms with Gasteiger partial charge in [-0.2, -0.15) is 0 Å². The van der Waals surface area contributed by atoms with Crippen molar-refractivity contribution in [1.29, 1.82) is 0 Å². The normalized spacial score (nSPS) is 23.6. The minimum atomic E-state index is -0.334. The van der Waals surface area contributed by atoms with Gasteiger partial charge in [0, 0.05) is 19.7 Å². The molecule has 108 valence electrons. The van der Waals surface area contributed by atoms with Crippen LogP contribution in [0.15, 0.2) is 6.20 Å². The third-order valence-electron chi connectivity index (χ3n) is 4.66. The van der Waals surface area contributed by atoms with E-state index in [4.69, 9.17) is 9.72 Å². The molecule has 20 heavy (non-hydrogen) atoms. The number of methoxy groups -OCH3 is 1. The summed E-state index contributed by atoms with van der Waals surface area (Å²) < 4.78 is 5.74. The second-order valence-corrected chi connectivity index (χ2v) is 6.90. The van der Waals surface area contributed by atoms with Gasteiger partial charge in [0.1, 0.15) is 5.60 Å². The molecule has 0 N–H and O–H groups in total. The SMILES string of the molecule is COC1(c2ncc3c(n2)CC(C)(C)CC3=O)CCCC1. The molecule has 1 saturated carbocycles. The Morgan fingerprint density at radius 2 is 1.90 bits per heavy atom. The summed E-state index contributed by atoms with van der Waals surface area (Å²) in [5, 5.41) is 0. The monoisotopic (exact) mass is 274 g/mol. The Balaban J connectivity index is 2.03. The standard InChI is InChI=1S/C16H22N2O2/c1-15(2)8-12-11(13(19)9-15)10-17-14(18-12)16(20-3)6-4-5-7-16/h10H,4-9H2,1-3H3. The molecule has 2 aliphatic rings. The van der Waals surface area contributed by atoms with E-state index in [9.17, 15) is 4.79 Å². The van der Waals surface area contributed by atoms with E-state index in [1.807, 2.05) is 0 Å². The van der Waals surface area contributed by atoms with Gasteiger partial charge in [-0.05, 0) is 37.5 Å². The number of rotatable bonds is 2.